The zero-order valence-corrected chi connectivity index (χ0v) is 14.9. The van der Waals surface area contributed by atoms with Crippen LogP contribution in [0.3, 0.4) is 0 Å². The molecule has 1 saturated heterocycles. The van der Waals surface area contributed by atoms with Crippen molar-refractivity contribution >= 4 is 28.8 Å². The average Bonchev–Trinajstić information content (AvgIpc) is 3.25. The van der Waals surface area contributed by atoms with Crippen LogP contribution in [-0.4, -0.2) is 40.3 Å². The molecule has 1 atom stereocenters. The maximum atomic E-state index is 12.6. The zero-order valence-electron chi connectivity index (χ0n) is 14.9. The molecule has 2 amide bonds. The van der Waals surface area contributed by atoms with Gasteiger partial charge in [-0.25, -0.2) is 4.98 Å². The van der Waals surface area contributed by atoms with Crippen LogP contribution in [0.25, 0.3) is 11.0 Å². The summed E-state index contributed by atoms with van der Waals surface area (Å²) in [5.74, 6) is 0.494. The van der Waals surface area contributed by atoms with Crippen molar-refractivity contribution in [3.05, 3.63) is 54.1 Å². The predicted molar refractivity (Wildman–Crippen MR) is 101 cm³/mol. The summed E-state index contributed by atoms with van der Waals surface area (Å²) in [6.45, 7) is 0.806. The van der Waals surface area contributed by atoms with E-state index in [0.29, 0.717) is 19.0 Å². The largest absolute Gasteiger partial charge is 0.496 e. The second-order valence-corrected chi connectivity index (χ2v) is 6.58. The molecular formula is C20H20N4O3. The van der Waals surface area contributed by atoms with E-state index in [-0.39, 0.29) is 18.2 Å². The van der Waals surface area contributed by atoms with Gasteiger partial charge in [0, 0.05) is 25.1 Å². The molecule has 4 rings (SSSR count). The Morgan fingerprint density at radius 3 is 2.85 bits per heavy atom. The summed E-state index contributed by atoms with van der Waals surface area (Å²) < 4.78 is 5.34. The highest BCUT2D eigenvalue weighted by Crippen LogP contribution is 2.25. The highest BCUT2D eigenvalue weighted by molar-refractivity contribution is 5.97. The van der Waals surface area contributed by atoms with Gasteiger partial charge in [0.2, 0.25) is 17.8 Å². The van der Waals surface area contributed by atoms with Crippen LogP contribution < -0.4 is 10.1 Å². The summed E-state index contributed by atoms with van der Waals surface area (Å²) in [6, 6.07) is 15.1. The number of H-pyrrole nitrogens is 1. The standard InChI is InChI=1S/C20H20N4O3/c1-27-17-9-5-2-6-13(17)11-24-12-14(10-18(24)25)19(26)23-20-21-15-7-3-4-8-16(15)22-20/h2-9,14H,10-12H2,1H3,(H2,21,22,23,26)/t14-/m0/s1. The molecule has 0 aliphatic carbocycles. The van der Waals surface area contributed by atoms with E-state index in [9.17, 15) is 9.59 Å². The first kappa shape index (κ1) is 17.1. The van der Waals surface area contributed by atoms with E-state index in [2.05, 4.69) is 15.3 Å². The second kappa shape index (κ2) is 7.11. The van der Waals surface area contributed by atoms with Crippen molar-refractivity contribution in [1.29, 1.82) is 0 Å². The number of imidazole rings is 1. The first-order chi connectivity index (χ1) is 13.1. The number of ether oxygens (including phenoxy) is 1. The molecule has 0 spiro atoms. The molecule has 27 heavy (non-hydrogen) atoms. The first-order valence-electron chi connectivity index (χ1n) is 8.79. The van der Waals surface area contributed by atoms with Crippen LogP contribution in [0, 0.1) is 5.92 Å². The summed E-state index contributed by atoms with van der Waals surface area (Å²) >= 11 is 0. The maximum Gasteiger partial charge on any atom is 0.232 e. The number of carbonyl (C=O) groups excluding carboxylic acids is 2. The van der Waals surface area contributed by atoms with Gasteiger partial charge >= 0.3 is 0 Å². The smallest absolute Gasteiger partial charge is 0.232 e. The Balaban J connectivity index is 1.42. The number of para-hydroxylation sites is 3. The van der Waals surface area contributed by atoms with Crippen molar-refractivity contribution in [1.82, 2.24) is 14.9 Å². The predicted octanol–water partition coefficient (Wildman–Crippen LogP) is 2.56. The fourth-order valence-electron chi connectivity index (χ4n) is 3.37. The van der Waals surface area contributed by atoms with Crippen LogP contribution in [0.2, 0.25) is 0 Å². The quantitative estimate of drug-likeness (QED) is 0.728. The van der Waals surface area contributed by atoms with Crippen molar-refractivity contribution in [2.24, 2.45) is 5.92 Å². The van der Waals surface area contributed by atoms with Crippen molar-refractivity contribution in [3.63, 3.8) is 0 Å². The lowest BCUT2D eigenvalue weighted by atomic mass is 10.1. The SMILES string of the molecule is COc1ccccc1CN1C[C@@H](C(=O)Nc2nc3ccccc3[nH]2)CC1=O. The van der Waals surface area contributed by atoms with Gasteiger partial charge in [-0.15, -0.1) is 0 Å². The Labute approximate surface area is 156 Å². The molecule has 7 nitrogen and oxygen atoms in total. The molecule has 1 aliphatic heterocycles. The van der Waals surface area contributed by atoms with Crippen LogP contribution in [0.5, 0.6) is 5.75 Å². The Morgan fingerprint density at radius 2 is 2.04 bits per heavy atom. The number of likely N-dealkylation sites (tertiary alicyclic amines) is 1. The Morgan fingerprint density at radius 1 is 1.26 bits per heavy atom. The highest BCUT2D eigenvalue weighted by Gasteiger charge is 2.34. The molecular weight excluding hydrogens is 344 g/mol. The number of fused-ring (bicyclic) bond motifs is 1. The number of carbonyl (C=O) groups is 2. The van der Waals surface area contributed by atoms with Gasteiger partial charge < -0.3 is 14.6 Å². The van der Waals surface area contributed by atoms with E-state index < -0.39 is 5.92 Å². The monoisotopic (exact) mass is 364 g/mol. The summed E-state index contributed by atoms with van der Waals surface area (Å²) in [7, 11) is 1.61. The fraction of sp³-hybridized carbons (Fsp3) is 0.250. The number of nitrogens with zero attached hydrogens (tertiary/aromatic N) is 2. The molecule has 2 aromatic carbocycles. The fourth-order valence-corrected chi connectivity index (χ4v) is 3.37. The van der Waals surface area contributed by atoms with Gasteiger partial charge in [0.05, 0.1) is 24.1 Å². The average molecular weight is 364 g/mol. The maximum absolute atomic E-state index is 12.6. The Kier molecular flexibility index (Phi) is 4.50. The minimum atomic E-state index is -0.402. The number of hydrogen-bond donors (Lipinski definition) is 2. The third kappa shape index (κ3) is 3.48. The summed E-state index contributed by atoms with van der Waals surface area (Å²) in [5.41, 5.74) is 2.56. The molecule has 0 unspecified atom stereocenters. The Hall–Kier alpha value is -3.35. The topological polar surface area (TPSA) is 87.3 Å². The summed E-state index contributed by atoms with van der Waals surface area (Å²) in [5, 5.41) is 2.79. The Bertz CT molecular complexity index is 965. The van der Waals surface area contributed by atoms with Crippen LogP contribution in [0.4, 0.5) is 5.95 Å². The van der Waals surface area contributed by atoms with E-state index >= 15 is 0 Å². The molecule has 7 heteroatoms. The van der Waals surface area contributed by atoms with Crippen LogP contribution in [-0.2, 0) is 16.1 Å². The van der Waals surface area contributed by atoms with Gasteiger partial charge in [-0.05, 0) is 18.2 Å². The molecule has 0 radical (unpaired) electrons. The normalized spacial score (nSPS) is 16.7. The van der Waals surface area contributed by atoms with Crippen LogP contribution in [0.1, 0.15) is 12.0 Å². The molecule has 0 bridgehead atoms. The molecule has 2 heterocycles. The summed E-state index contributed by atoms with van der Waals surface area (Å²) in [4.78, 5) is 34.1. The van der Waals surface area contributed by atoms with Gasteiger partial charge in [-0.3, -0.25) is 14.9 Å². The van der Waals surface area contributed by atoms with Gasteiger partial charge in [-0.2, -0.15) is 0 Å². The molecule has 2 N–H and O–H groups in total. The molecule has 1 fully saturated rings. The molecule has 3 aromatic rings. The van der Waals surface area contributed by atoms with Crippen molar-refractivity contribution < 1.29 is 14.3 Å². The van der Waals surface area contributed by atoms with Crippen LogP contribution >= 0.6 is 0 Å². The number of benzene rings is 2. The number of anilines is 1. The lowest BCUT2D eigenvalue weighted by Gasteiger charge is -2.18. The number of rotatable bonds is 5. The number of aromatic nitrogens is 2. The van der Waals surface area contributed by atoms with E-state index in [1.54, 1.807) is 12.0 Å². The third-order valence-electron chi connectivity index (χ3n) is 4.77. The number of aromatic amines is 1. The first-order valence-corrected chi connectivity index (χ1v) is 8.79. The van der Waals surface area contributed by atoms with Crippen LogP contribution in [0.15, 0.2) is 48.5 Å². The number of hydrogen-bond acceptors (Lipinski definition) is 4. The second-order valence-electron chi connectivity index (χ2n) is 6.58. The molecule has 1 aliphatic rings. The van der Waals surface area contributed by atoms with E-state index in [1.165, 1.54) is 0 Å². The van der Waals surface area contributed by atoms with E-state index in [0.717, 1.165) is 22.3 Å². The molecule has 1 aromatic heterocycles. The lowest BCUT2D eigenvalue weighted by molar-refractivity contribution is -0.128. The van der Waals surface area contributed by atoms with E-state index in [1.807, 2.05) is 48.5 Å². The number of amides is 2. The van der Waals surface area contributed by atoms with Crippen molar-refractivity contribution in [2.45, 2.75) is 13.0 Å². The van der Waals surface area contributed by atoms with Gasteiger partial charge in [-0.1, -0.05) is 30.3 Å². The van der Waals surface area contributed by atoms with Gasteiger partial charge in [0.25, 0.3) is 0 Å². The third-order valence-corrected chi connectivity index (χ3v) is 4.77. The highest BCUT2D eigenvalue weighted by atomic mass is 16.5. The van der Waals surface area contributed by atoms with Crippen molar-refractivity contribution in [3.8, 4) is 5.75 Å². The van der Waals surface area contributed by atoms with Gasteiger partial charge in [0.15, 0.2) is 0 Å². The minimum absolute atomic E-state index is 0.0364. The minimum Gasteiger partial charge on any atom is -0.496 e. The summed E-state index contributed by atoms with van der Waals surface area (Å²) in [6.07, 6.45) is 0.196. The zero-order chi connectivity index (χ0) is 18.8. The van der Waals surface area contributed by atoms with Crippen molar-refractivity contribution in [2.75, 3.05) is 19.0 Å². The van der Waals surface area contributed by atoms with E-state index in [4.69, 9.17) is 4.74 Å². The van der Waals surface area contributed by atoms with Gasteiger partial charge in [0.1, 0.15) is 5.75 Å². The number of nitrogens with one attached hydrogen (secondary N) is 2. The number of methoxy groups -OCH3 is 1. The lowest BCUT2D eigenvalue weighted by Crippen LogP contribution is -2.28. The molecule has 0 saturated carbocycles. The molecule has 138 valence electrons.